The number of rotatable bonds is 3. The van der Waals surface area contributed by atoms with Crippen molar-refractivity contribution in [2.24, 2.45) is 0 Å². The van der Waals surface area contributed by atoms with Crippen LogP contribution in [0.15, 0.2) is 72.9 Å². The van der Waals surface area contributed by atoms with E-state index in [2.05, 4.69) is 86.4 Å². The first-order chi connectivity index (χ1) is 10.6. The van der Waals surface area contributed by atoms with E-state index in [4.69, 9.17) is 0 Å². The van der Waals surface area contributed by atoms with Crippen LogP contribution in [0.2, 0.25) is 0 Å². The third-order valence-corrected chi connectivity index (χ3v) is 4.30. The van der Waals surface area contributed by atoms with Gasteiger partial charge in [0.05, 0.1) is 5.69 Å². The molecule has 1 aromatic heterocycles. The van der Waals surface area contributed by atoms with Crippen molar-refractivity contribution in [3.63, 3.8) is 0 Å². The largest absolute Gasteiger partial charge is 0.256 e. The molecule has 22 heavy (non-hydrogen) atoms. The number of aromatic nitrogens is 1. The molecule has 0 amide bonds. The van der Waals surface area contributed by atoms with E-state index in [9.17, 15) is 0 Å². The Hall–Kier alpha value is -2.41. The summed E-state index contributed by atoms with van der Waals surface area (Å²) < 4.78 is 0. The highest BCUT2D eigenvalue weighted by atomic mass is 14.7. The van der Waals surface area contributed by atoms with Gasteiger partial charge in [-0.2, -0.15) is 0 Å². The Morgan fingerprint density at radius 2 is 1.45 bits per heavy atom. The molecule has 0 aliphatic carbocycles. The van der Waals surface area contributed by atoms with Gasteiger partial charge in [0.25, 0.3) is 0 Å². The third-order valence-electron chi connectivity index (χ3n) is 4.30. The lowest BCUT2D eigenvalue weighted by Gasteiger charge is -2.28. The van der Waals surface area contributed by atoms with Gasteiger partial charge in [0.2, 0.25) is 0 Å². The lowest BCUT2D eigenvalue weighted by Crippen LogP contribution is -2.20. The Morgan fingerprint density at radius 1 is 0.773 bits per heavy atom. The summed E-state index contributed by atoms with van der Waals surface area (Å²) in [5.41, 5.74) is 5.97. The van der Waals surface area contributed by atoms with E-state index in [-0.39, 0.29) is 5.41 Å². The first kappa shape index (κ1) is 14.5. The first-order valence-electron chi connectivity index (χ1n) is 7.67. The van der Waals surface area contributed by atoms with Gasteiger partial charge in [0.1, 0.15) is 0 Å². The van der Waals surface area contributed by atoms with Gasteiger partial charge >= 0.3 is 0 Å². The zero-order valence-corrected chi connectivity index (χ0v) is 13.4. The van der Waals surface area contributed by atoms with Crippen LogP contribution in [0, 0.1) is 6.92 Å². The van der Waals surface area contributed by atoms with Gasteiger partial charge < -0.3 is 0 Å². The molecule has 1 heteroatoms. The molecule has 0 aliphatic heterocycles. The zero-order chi connectivity index (χ0) is 15.6. The van der Waals surface area contributed by atoms with Gasteiger partial charge in [-0.05, 0) is 24.1 Å². The van der Waals surface area contributed by atoms with Crippen LogP contribution in [0.1, 0.15) is 30.5 Å². The predicted octanol–water partition coefficient (Wildman–Crippen LogP) is 5.38. The van der Waals surface area contributed by atoms with Crippen LogP contribution < -0.4 is 0 Å². The van der Waals surface area contributed by atoms with Crippen molar-refractivity contribution in [1.29, 1.82) is 0 Å². The number of nitrogens with zero attached hydrogens (tertiary/aromatic N) is 1. The number of hydrogen-bond donors (Lipinski definition) is 0. The predicted molar refractivity (Wildman–Crippen MR) is 93.0 cm³/mol. The van der Waals surface area contributed by atoms with Gasteiger partial charge in [-0.1, -0.05) is 80.1 Å². The minimum absolute atomic E-state index is 0.0876. The van der Waals surface area contributed by atoms with E-state index < -0.39 is 0 Å². The molecule has 0 N–H and O–H groups in total. The summed E-state index contributed by atoms with van der Waals surface area (Å²) in [7, 11) is 0. The second-order valence-corrected chi connectivity index (χ2v) is 6.26. The van der Waals surface area contributed by atoms with Crippen LogP contribution >= 0.6 is 0 Å². The molecular weight excluding hydrogens is 266 g/mol. The topological polar surface area (TPSA) is 12.9 Å². The van der Waals surface area contributed by atoms with E-state index in [0.29, 0.717) is 0 Å². The van der Waals surface area contributed by atoms with Crippen molar-refractivity contribution in [3.8, 4) is 11.3 Å². The zero-order valence-electron chi connectivity index (χ0n) is 13.4. The van der Waals surface area contributed by atoms with Gasteiger partial charge in [-0.15, -0.1) is 0 Å². The molecule has 110 valence electrons. The molecule has 0 bridgehead atoms. The maximum Gasteiger partial charge on any atom is 0.0742 e. The molecule has 3 rings (SSSR count). The van der Waals surface area contributed by atoms with Crippen molar-refractivity contribution in [2.75, 3.05) is 0 Å². The Balaban J connectivity index is 2.14. The molecule has 3 aromatic rings. The molecule has 0 spiro atoms. The maximum atomic E-state index is 4.67. The van der Waals surface area contributed by atoms with Crippen molar-refractivity contribution in [3.05, 3.63) is 89.6 Å². The van der Waals surface area contributed by atoms with Crippen LogP contribution in [0.3, 0.4) is 0 Å². The molecular formula is C21H21N. The molecule has 0 aliphatic rings. The van der Waals surface area contributed by atoms with Gasteiger partial charge in [0.15, 0.2) is 0 Å². The van der Waals surface area contributed by atoms with Crippen molar-refractivity contribution in [2.45, 2.75) is 26.2 Å². The highest BCUT2D eigenvalue weighted by Crippen LogP contribution is 2.36. The van der Waals surface area contributed by atoms with Crippen LogP contribution in [0.25, 0.3) is 11.3 Å². The molecule has 1 heterocycles. The maximum absolute atomic E-state index is 4.67. The number of hydrogen-bond acceptors (Lipinski definition) is 1. The lowest BCUT2D eigenvalue weighted by atomic mass is 9.76. The van der Waals surface area contributed by atoms with Crippen LogP contribution in [-0.2, 0) is 5.41 Å². The average Bonchev–Trinajstić information content (AvgIpc) is 2.56. The molecule has 2 aromatic carbocycles. The van der Waals surface area contributed by atoms with E-state index in [1.807, 2.05) is 12.3 Å². The van der Waals surface area contributed by atoms with E-state index in [1.165, 1.54) is 22.3 Å². The summed E-state index contributed by atoms with van der Waals surface area (Å²) in [5.74, 6) is 0. The Labute approximate surface area is 132 Å². The summed E-state index contributed by atoms with van der Waals surface area (Å²) in [4.78, 5) is 4.67. The van der Waals surface area contributed by atoms with Gasteiger partial charge in [-0.25, -0.2) is 0 Å². The Kier molecular flexibility index (Phi) is 3.81. The number of pyridine rings is 1. The molecule has 0 fully saturated rings. The quantitative estimate of drug-likeness (QED) is 0.630. The van der Waals surface area contributed by atoms with E-state index in [0.717, 1.165) is 5.69 Å². The monoisotopic (exact) mass is 287 g/mol. The average molecular weight is 287 g/mol. The fourth-order valence-electron chi connectivity index (χ4n) is 2.86. The van der Waals surface area contributed by atoms with E-state index in [1.54, 1.807) is 0 Å². The SMILES string of the molecule is Cc1ccc(-c2ncccc2C(C)(C)c2ccccc2)cc1. The summed E-state index contributed by atoms with van der Waals surface area (Å²) in [5, 5.41) is 0. The van der Waals surface area contributed by atoms with Crippen molar-refractivity contribution in [1.82, 2.24) is 4.98 Å². The highest BCUT2D eigenvalue weighted by Gasteiger charge is 2.26. The molecule has 0 saturated carbocycles. The molecule has 0 radical (unpaired) electrons. The van der Waals surface area contributed by atoms with Crippen LogP contribution in [0.5, 0.6) is 0 Å². The van der Waals surface area contributed by atoms with Gasteiger partial charge in [0, 0.05) is 17.2 Å². The number of aryl methyl sites for hydroxylation is 1. The third kappa shape index (κ3) is 2.67. The summed E-state index contributed by atoms with van der Waals surface area (Å²) in [6.45, 7) is 6.63. The standard InChI is InChI=1S/C21H21N/c1-16-11-13-17(14-12-16)20-19(10-7-15-22-20)21(2,3)18-8-5-4-6-9-18/h4-15H,1-3H3. The lowest BCUT2D eigenvalue weighted by molar-refractivity contribution is 0.640. The molecule has 1 nitrogen and oxygen atoms in total. The number of benzene rings is 2. The minimum atomic E-state index is -0.0876. The fourth-order valence-corrected chi connectivity index (χ4v) is 2.86. The molecule has 0 saturated heterocycles. The first-order valence-corrected chi connectivity index (χ1v) is 7.67. The molecule has 0 atom stereocenters. The van der Waals surface area contributed by atoms with Crippen LogP contribution in [-0.4, -0.2) is 4.98 Å². The second kappa shape index (κ2) is 5.76. The Bertz CT molecular complexity index is 755. The van der Waals surface area contributed by atoms with Gasteiger partial charge in [-0.3, -0.25) is 4.98 Å². The van der Waals surface area contributed by atoms with Crippen molar-refractivity contribution >= 4 is 0 Å². The fraction of sp³-hybridized carbons (Fsp3) is 0.190. The minimum Gasteiger partial charge on any atom is -0.256 e. The summed E-state index contributed by atoms with van der Waals surface area (Å²) in [6, 6.07) is 23.4. The van der Waals surface area contributed by atoms with E-state index >= 15 is 0 Å². The summed E-state index contributed by atoms with van der Waals surface area (Å²) >= 11 is 0. The summed E-state index contributed by atoms with van der Waals surface area (Å²) in [6.07, 6.45) is 1.87. The Morgan fingerprint density at radius 3 is 2.14 bits per heavy atom. The molecule has 0 unspecified atom stereocenters. The smallest absolute Gasteiger partial charge is 0.0742 e. The van der Waals surface area contributed by atoms with Crippen LogP contribution in [0.4, 0.5) is 0 Å². The highest BCUT2D eigenvalue weighted by molar-refractivity contribution is 5.66. The second-order valence-electron chi connectivity index (χ2n) is 6.26. The normalized spacial score (nSPS) is 11.4. The van der Waals surface area contributed by atoms with Crippen molar-refractivity contribution < 1.29 is 0 Å².